The lowest BCUT2D eigenvalue weighted by Crippen LogP contribution is -2.40. The van der Waals surface area contributed by atoms with E-state index in [0.717, 1.165) is 12.8 Å². The molecule has 0 N–H and O–H groups in total. The standard InChI is InChI=1S/C14H17ClN2O4/c1-21-13-7-11(17(19)20)4-5-12(13)14(18)16-6-2-3-10(8-15)9-16/h4-5,7,10H,2-3,6,8-9H2,1H3. The Morgan fingerprint density at radius 2 is 2.33 bits per heavy atom. The predicted octanol–water partition coefficient (Wildman–Crippen LogP) is 2.69. The molecule has 0 aliphatic carbocycles. The largest absolute Gasteiger partial charge is 0.496 e. The van der Waals surface area contributed by atoms with Crippen molar-refractivity contribution in [2.24, 2.45) is 5.92 Å². The van der Waals surface area contributed by atoms with Gasteiger partial charge in [-0.1, -0.05) is 0 Å². The highest BCUT2D eigenvalue weighted by Crippen LogP contribution is 2.27. The van der Waals surface area contributed by atoms with Crippen molar-refractivity contribution in [1.82, 2.24) is 4.90 Å². The summed E-state index contributed by atoms with van der Waals surface area (Å²) < 4.78 is 5.12. The summed E-state index contributed by atoms with van der Waals surface area (Å²) in [7, 11) is 1.40. The minimum atomic E-state index is -0.513. The molecule has 0 bridgehead atoms. The van der Waals surface area contributed by atoms with Gasteiger partial charge in [0, 0.05) is 25.0 Å². The number of hydrogen-bond donors (Lipinski definition) is 0. The number of alkyl halides is 1. The summed E-state index contributed by atoms with van der Waals surface area (Å²) in [5.41, 5.74) is 0.249. The molecule has 114 valence electrons. The fraction of sp³-hybridized carbons (Fsp3) is 0.500. The van der Waals surface area contributed by atoms with Gasteiger partial charge in [0.25, 0.3) is 11.6 Å². The molecule has 0 radical (unpaired) electrons. The fourth-order valence-electron chi connectivity index (χ4n) is 2.52. The number of hydrogen-bond acceptors (Lipinski definition) is 4. The zero-order valence-electron chi connectivity index (χ0n) is 11.8. The topological polar surface area (TPSA) is 72.7 Å². The van der Waals surface area contributed by atoms with Crippen molar-refractivity contribution in [2.75, 3.05) is 26.1 Å². The zero-order valence-corrected chi connectivity index (χ0v) is 12.5. The van der Waals surface area contributed by atoms with Crippen LogP contribution in [0.25, 0.3) is 0 Å². The van der Waals surface area contributed by atoms with Gasteiger partial charge < -0.3 is 9.64 Å². The number of ether oxygens (including phenoxy) is 1. The van der Waals surface area contributed by atoms with Crippen LogP contribution < -0.4 is 4.74 Å². The number of nitro groups is 1. The highest BCUT2D eigenvalue weighted by atomic mass is 35.5. The van der Waals surface area contributed by atoms with Crippen LogP contribution >= 0.6 is 11.6 Å². The van der Waals surface area contributed by atoms with Gasteiger partial charge in [-0.2, -0.15) is 0 Å². The van der Waals surface area contributed by atoms with E-state index in [1.54, 1.807) is 4.90 Å². The number of carbonyl (C=O) groups is 1. The third-order valence-electron chi connectivity index (χ3n) is 3.65. The molecular formula is C14H17ClN2O4. The van der Waals surface area contributed by atoms with Crippen molar-refractivity contribution in [3.63, 3.8) is 0 Å². The SMILES string of the molecule is COc1cc([N+](=O)[O-])ccc1C(=O)N1CCCC(CCl)C1. The van der Waals surface area contributed by atoms with Crippen LogP contribution in [0.1, 0.15) is 23.2 Å². The number of likely N-dealkylation sites (tertiary alicyclic amines) is 1. The lowest BCUT2D eigenvalue weighted by molar-refractivity contribution is -0.384. The van der Waals surface area contributed by atoms with Gasteiger partial charge in [-0.3, -0.25) is 14.9 Å². The van der Waals surface area contributed by atoms with E-state index >= 15 is 0 Å². The number of piperidine rings is 1. The number of rotatable bonds is 4. The second-order valence-electron chi connectivity index (χ2n) is 5.06. The third-order valence-corrected chi connectivity index (χ3v) is 4.09. The first kappa shape index (κ1) is 15.6. The van der Waals surface area contributed by atoms with E-state index in [1.165, 1.54) is 25.3 Å². The summed E-state index contributed by atoms with van der Waals surface area (Å²) in [4.78, 5) is 24.6. The van der Waals surface area contributed by atoms with Crippen LogP contribution in [0, 0.1) is 16.0 Å². The first-order valence-corrected chi connectivity index (χ1v) is 7.28. The molecule has 7 heteroatoms. The van der Waals surface area contributed by atoms with Crippen molar-refractivity contribution in [3.8, 4) is 5.75 Å². The van der Waals surface area contributed by atoms with Gasteiger partial charge in [0.2, 0.25) is 0 Å². The van der Waals surface area contributed by atoms with Gasteiger partial charge in [-0.05, 0) is 24.8 Å². The molecule has 0 spiro atoms. The Kier molecular flexibility index (Phi) is 5.01. The van der Waals surface area contributed by atoms with Crippen LogP contribution in [-0.2, 0) is 0 Å². The summed E-state index contributed by atoms with van der Waals surface area (Å²) in [6.45, 7) is 1.29. The van der Waals surface area contributed by atoms with E-state index in [-0.39, 0.29) is 17.3 Å². The van der Waals surface area contributed by atoms with E-state index in [2.05, 4.69) is 0 Å². The Morgan fingerprint density at radius 1 is 1.57 bits per heavy atom. The number of methoxy groups -OCH3 is 1. The smallest absolute Gasteiger partial charge is 0.273 e. The Morgan fingerprint density at radius 3 is 2.95 bits per heavy atom. The normalized spacial score (nSPS) is 18.4. The van der Waals surface area contributed by atoms with Gasteiger partial charge in [-0.15, -0.1) is 11.6 Å². The Hall–Kier alpha value is -1.82. The van der Waals surface area contributed by atoms with Gasteiger partial charge in [0.05, 0.1) is 23.7 Å². The number of amides is 1. The quantitative estimate of drug-likeness (QED) is 0.487. The van der Waals surface area contributed by atoms with Crippen molar-refractivity contribution in [2.45, 2.75) is 12.8 Å². The average Bonchev–Trinajstić information content (AvgIpc) is 2.53. The Labute approximate surface area is 127 Å². The monoisotopic (exact) mass is 312 g/mol. The Balaban J connectivity index is 2.24. The molecular weight excluding hydrogens is 296 g/mol. The molecule has 1 saturated heterocycles. The van der Waals surface area contributed by atoms with E-state index < -0.39 is 4.92 Å². The lowest BCUT2D eigenvalue weighted by atomic mass is 9.99. The maximum atomic E-state index is 12.6. The van der Waals surface area contributed by atoms with Crippen molar-refractivity contribution in [1.29, 1.82) is 0 Å². The first-order chi connectivity index (χ1) is 10.1. The van der Waals surface area contributed by atoms with Gasteiger partial charge >= 0.3 is 0 Å². The molecule has 1 unspecified atom stereocenters. The highest BCUT2D eigenvalue weighted by Gasteiger charge is 2.26. The Bertz CT molecular complexity index is 550. The summed E-state index contributed by atoms with van der Waals surface area (Å²) in [6.07, 6.45) is 1.93. The third kappa shape index (κ3) is 3.44. The van der Waals surface area contributed by atoms with Gasteiger partial charge in [0.15, 0.2) is 0 Å². The second kappa shape index (κ2) is 6.76. The van der Waals surface area contributed by atoms with Crippen LogP contribution in [0.2, 0.25) is 0 Å². The summed E-state index contributed by atoms with van der Waals surface area (Å²) in [5.74, 6) is 0.883. The summed E-state index contributed by atoms with van der Waals surface area (Å²) in [5, 5.41) is 10.8. The minimum absolute atomic E-state index is 0.0966. The van der Waals surface area contributed by atoms with Crippen molar-refractivity contribution < 1.29 is 14.5 Å². The van der Waals surface area contributed by atoms with Crippen LogP contribution in [0.3, 0.4) is 0 Å². The molecule has 1 aliphatic rings. The molecule has 6 nitrogen and oxygen atoms in total. The molecule has 21 heavy (non-hydrogen) atoms. The maximum absolute atomic E-state index is 12.6. The van der Waals surface area contributed by atoms with Gasteiger partial charge in [-0.25, -0.2) is 0 Å². The number of benzene rings is 1. The lowest BCUT2D eigenvalue weighted by Gasteiger charge is -2.32. The van der Waals surface area contributed by atoms with Crippen LogP contribution in [0.5, 0.6) is 5.75 Å². The van der Waals surface area contributed by atoms with E-state index in [1.807, 2.05) is 0 Å². The zero-order chi connectivity index (χ0) is 15.4. The molecule has 1 aromatic carbocycles. The van der Waals surface area contributed by atoms with Crippen LogP contribution in [-0.4, -0.2) is 41.8 Å². The number of halogens is 1. The fourth-order valence-corrected chi connectivity index (χ4v) is 2.77. The van der Waals surface area contributed by atoms with Gasteiger partial charge in [0.1, 0.15) is 5.75 Å². The van der Waals surface area contributed by atoms with Crippen molar-refractivity contribution >= 4 is 23.2 Å². The van der Waals surface area contributed by atoms with Crippen LogP contribution in [0.15, 0.2) is 18.2 Å². The molecule has 1 aliphatic heterocycles. The maximum Gasteiger partial charge on any atom is 0.273 e. The van der Waals surface area contributed by atoms with Crippen molar-refractivity contribution in [3.05, 3.63) is 33.9 Å². The number of carbonyl (C=O) groups excluding carboxylic acids is 1. The highest BCUT2D eigenvalue weighted by molar-refractivity contribution is 6.18. The van der Waals surface area contributed by atoms with Crippen LogP contribution in [0.4, 0.5) is 5.69 Å². The summed E-state index contributed by atoms with van der Waals surface area (Å²) >= 11 is 5.87. The second-order valence-corrected chi connectivity index (χ2v) is 5.36. The first-order valence-electron chi connectivity index (χ1n) is 6.74. The molecule has 2 rings (SSSR count). The molecule has 0 aromatic heterocycles. The molecule has 0 saturated carbocycles. The number of non-ortho nitro benzene ring substituents is 1. The molecule has 1 aromatic rings. The molecule has 1 heterocycles. The van der Waals surface area contributed by atoms with E-state index in [0.29, 0.717) is 30.5 Å². The molecule has 1 amide bonds. The van der Waals surface area contributed by atoms with E-state index in [9.17, 15) is 14.9 Å². The minimum Gasteiger partial charge on any atom is -0.496 e. The number of nitro benzene ring substituents is 1. The molecule has 1 atom stereocenters. The molecule has 1 fully saturated rings. The predicted molar refractivity (Wildman–Crippen MR) is 79.0 cm³/mol. The number of nitrogens with zero attached hydrogens (tertiary/aromatic N) is 2. The van der Waals surface area contributed by atoms with E-state index in [4.69, 9.17) is 16.3 Å². The average molecular weight is 313 g/mol. The summed E-state index contributed by atoms with van der Waals surface area (Å²) in [6, 6.07) is 4.04.